The molecule has 198 valence electrons. The van der Waals surface area contributed by atoms with Crippen LogP contribution in [0.3, 0.4) is 0 Å². The van der Waals surface area contributed by atoms with Crippen molar-refractivity contribution in [2.75, 3.05) is 7.11 Å². The topological polar surface area (TPSA) is 98.6 Å². The third kappa shape index (κ3) is 6.73. The monoisotopic (exact) mass is 539 g/mol. The van der Waals surface area contributed by atoms with E-state index in [0.717, 1.165) is 37.4 Å². The summed E-state index contributed by atoms with van der Waals surface area (Å²) in [5, 5.41) is 4.44. The number of rotatable bonds is 11. The summed E-state index contributed by atoms with van der Waals surface area (Å²) in [4.78, 5) is 16.6. The van der Waals surface area contributed by atoms with Gasteiger partial charge in [0, 0.05) is 28.9 Å². The number of hydrogen-bond donors (Lipinski definition) is 3. The molecule has 1 amide bonds. The number of benzene rings is 4. The number of carbonyl (C=O) groups excluding carboxylic acids is 1. The summed E-state index contributed by atoms with van der Waals surface area (Å²) in [5.41, 5.74) is 9.45. The Kier molecular flexibility index (Phi) is 8.36. The van der Waals surface area contributed by atoms with Crippen molar-refractivity contribution in [3.8, 4) is 17.4 Å². The number of amides is 1. The van der Waals surface area contributed by atoms with E-state index in [2.05, 4.69) is 16.4 Å². The molecule has 0 saturated carbocycles. The second-order valence-electron chi connectivity index (χ2n) is 8.86. The van der Waals surface area contributed by atoms with Gasteiger partial charge in [-0.05, 0) is 47.0 Å². The summed E-state index contributed by atoms with van der Waals surface area (Å²) in [6.45, 7) is 1.79. The molecule has 5 aromatic rings. The number of nitrogens with two attached hydrogens (primary N) is 1. The number of carbonyl (C=O) groups is 1. The minimum atomic E-state index is -0.856. The molecule has 4 N–H and O–H groups in total. The number of methoxy groups -OCH3 is 1. The molecule has 39 heavy (non-hydrogen) atoms. The Morgan fingerprint density at radius 1 is 0.846 bits per heavy atom. The molecule has 0 aliphatic rings. The number of fused-ring (bicyclic) bond motifs is 1. The normalized spacial score (nSPS) is 10.9. The Hall–Kier alpha value is -4.40. The fourth-order valence-corrected chi connectivity index (χ4v) is 5.21. The van der Waals surface area contributed by atoms with E-state index in [9.17, 15) is 4.79 Å². The molecule has 0 radical (unpaired) electrons. The third-order valence-electron chi connectivity index (χ3n) is 6.07. The van der Waals surface area contributed by atoms with Crippen LogP contribution < -0.4 is 25.3 Å². The van der Waals surface area contributed by atoms with E-state index in [4.69, 9.17) is 19.9 Å². The Labute approximate surface area is 231 Å². The minimum Gasteiger partial charge on any atom is -0.493 e. The Balaban J connectivity index is 1.25. The van der Waals surface area contributed by atoms with Crippen molar-refractivity contribution in [1.82, 2.24) is 10.3 Å². The molecule has 0 saturated heterocycles. The summed E-state index contributed by atoms with van der Waals surface area (Å²) >= 11 is 1.52. The molecule has 4 aromatic carbocycles. The molecular formula is C31H29N3O4S. The summed E-state index contributed by atoms with van der Waals surface area (Å²) in [7, 11) is 1.65. The molecule has 0 fully saturated rings. The van der Waals surface area contributed by atoms with E-state index in [-0.39, 0.29) is 0 Å². The maximum atomic E-state index is 11.5. The fourth-order valence-electron chi connectivity index (χ4n) is 4.21. The van der Waals surface area contributed by atoms with Gasteiger partial charge in [0.25, 0.3) is 0 Å². The largest absolute Gasteiger partial charge is 0.493 e. The number of nitrogens with one attached hydrogen (secondary N) is 2. The number of primary amides is 1. The number of aromatic amines is 1. The van der Waals surface area contributed by atoms with Gasteiger partial charge in [0.15, 0.2) is 11.5 Å². The lowest BCUT2D eigenvalue weighted by molar-refractivity contribution is 0.208. The first kappa shape index (κ1) is 26.2. The molecule has 5 rings (SSSR count). The first-order valence-electron chi connectivity index (χ1n) is 12.5. The zero-order valence-corrected chi connectivity index (χ0v) is 22.3. The van der Waals surface area contributed by atoms with Crippen LogP contribution in [0.5, 0.6) is 17.4 Å². The maximum absolute atomic E-state index is 11.5. The van der Waals surface area contributed by atoms with Crippen molar-refractivity contribution in [1.29, 1.82) is 0 Å². The second kappa shape index (κ2) is 12.4. The van der Waals surface area contributed by atoms with Crippen LogP contribution in [0, 0.1) is 0 Å². The van der Waals surface area contributed by atoms with Gasteiger partial charge in [-0.25, -0.2) is 4.79 Å². The average Bonchev–Trinajstić information content (AvgIpc) is 3.28. The standard InChI is InChI=1S/C31H29N3O4S/c1-36-28-17-23(13-15-27(28)37-20-21-8-4-2-5-9-21)19-33-18-22-12-14-25-26(16-22)34-30(38-31(32)35)29(25)39-24-10-6-3-7-11-24/h2-17,33-34H,18-20H2,1H3,(H2,32,35). The quantitative estimate of drug-likeness (QED) is 0.174. The van der Waals surface area contributed by atoms with Gasteiger partial charge in [-0.3, -0.25) is 0 Å². The molecule has 0 aliphatic carbocycles. The third-order valence-corrected chi connectivity index (χ3v) is 7.19. The van der Waals surface area contributed by atoms with Crippen LogP contribution >= 0.6 is 11.8 Å². The van der Waals surface area contributed by atoms with Crippen molar-refractivity contribution in [3.05, 3.63) is 114 Å². The lowest BCUT2D eigenvalue weighted by atomic mass is 10.1. The fraction of sp³-hybridized carbons (Fsp3) is 0.129. The summed E-state index contributed by atoms with van der Waals surface area (Å²) in [6.07, 6.45) is -0.856. The van der Waals surface area contributed by atoms with E-state index in [1.807, 2.05) is 91.0 Å². The lowest BCUT2D eigenvalue weighted by Crippen LogP contribution is -2.16. The van der Waals surface area contributed by atoms with Crippen LogP contribution in [0.25, 0.3) is 10.9 Å². The molecule has 7 nitrogen and oxygen atoms in total. The van der Waals surface area contributed by atoms with E-state index >= 15 is 0 Å². The lowest BCUT2D eigenvalue weighted by Gasteiger charge is -2.13. The zero-order chi connectivity index (χ0) is 27.0. The van der Waals surface area contributed by atoms with Crippen LogP contribution in [0.4, 0.5) is 4.79 Å². The van der Waals surface area contributed by atoms with Crippen molar-refractivity contribution < 1.29 is 19.0 Å². The van der Waals surface area contributed by atoms with Crippen LogP contribution in [0.15, 0.2) is 107 Å². The number of H-pyrrole nitrogens is 1. The molecule has 0 aliphatic heterocycles. The molecule has 0 bridgehead atoms. The summed E-state index contributed by atoms with van der Waals surface area (Å²) in [6, 6.07) is 32.1. The Morgan fingerprint density at radius 2 is 1.54 bits per heavy atom. The highest BCUT2D eigenvalue weighted by Crippen LogP contribution is 2.41. The zero-order valence-electron chi connectivity index (χ0n) is 21.5. The first-order chi connectivity index (χ1) is 19.1. The predicted molar refractivity (Wildman–Crippen MR) is 153 cm³/mol. The number of aromatic nitrogens is 1. The molecule has 0 spiro atoms. The smallest absolute Gasteiger partial charge is 0.411 e. The van der Waals surface area contributed by atoms with Crippen molar-refractivity contribution >= 4 is 28.8 Å². The van der Waals surface area contributed by atoms with Gasteiger partial charge in [-0.15, -0.1) is 0 Å². The number of ether oxygens (including phenoxy) is 3. The van der Waals surface area contributed by atoms with Crippen molar-refractivity contribution in [3.63, 3.8) is 0 Å². The van der Waals surface area contributed by atoms with Gasteiger partial charge >= 0.3 is 6.09 Å². The first-order valence-corrected chi connectivity index (χ1v) is 13.3. The van der Waals surface area contributed by atoms with Gasteiger partial charge in [-0.2, -0.15) is 0 Å². The van der Waals surface area contributed by atoms with Gasteiger partial charge in [0.2, 0.25) is 5.88 Å². The van der Waals surface area contributed by atoms with Crippen LogP contribution in [-0.4, -0.2) is 18.2 Å². The second-order valence-corrected chi connectivity index (χ2v) is 9.95. The van der Waals surface area contributed by atoms with E-state index in [1.165, 1.54) is 11.8 Å². The van der Waals surface area contributed by atoms with E-state index in [0.29, 0.717) is 37.1 Å². The van der Waals surface area contributed by atoms with E-state index < -0.39 is 6.09 Å². The number of hydrogen-bond acceptors (Lipinski definition) is 6. The summed E-state index contributed by atoms with van der Waals surface area (Å²) in [5.74, 6) is 1.75. The highest BCUT2D eigenvalue weighted by molar-refractivity contribution is 7.99. The van der Waals surface area contributed by atoms with Gasteiger partial charge in [0.05, 0.1) is 12.0 Å². The Bertz CT molecular complexity index is 1550. The molecule has 8 heteroatoms. The van der Waals surface area contributed by atoms with Gasteiger partial charge in [0.1, 0.15) is 6.61 Å². The van der Waals surface area contributed by atoms with Crippen LogP contribution in [0.2, 0.25) is 0 Å². The van der Waals surface area contributed by atoms with Crippen LogP contribution in [0.1, 0.15) is 16.7 Å². The highest BCUT2D eigenvalue weighted by Gasteiger charge is 2.17. The predicted octanol–water partition coefficient (Wildman–Crippen LogP) is 6.65. The molecular weight excluding hydrogens is 510 g/mol. The molecule has 0 atom stereocenters. The minimum absolute atomic E-state index is 0.345. The summed E-state index contributed by atoms with van der Waals surface area (Å²) < 4.78 is 16.8. The average molecular weight is 540 g/mol. The van der Waals surface area contributed by atoms with Crippen molar-refractivity contribution in [2.24, 2.45) is 5.73 Å². The molecule has 1 aromatic heterocycles. The SMILES string of the molecule is COc1cc(CNCc2ccc3c(Sc4ccccc4)c(OC(N)=O)[nH]c3c2)ccc1OCc1ccccc1. The highest BCUT2D eigenvalue weighted by atomic mass is 32.2. The van der Waals surface area contributed by atoms with E-state index in [1.54, 1.807) is 7.11 Å². The van der Waals surface area contributed by atoms with Gasteiger partial charge in [-0.1, -0.05) is 78.5 Å². The Morgan fingerprint density at radius 3 is 2.26 bits per heavy atom. The van der Waals surface area contributed by atoms with Gasteiger partial charge < -0.3 is 30.2 Å². The maximum Gasteiger partial charge on any atom is 0.411 e. The van der Waals surface area contributed by atoms with Crippen LogP contribution in [-0.2, 0) is 19.7 Å². The van der Waals surface area contributed by atoms with Crippen molar-refractivity contribution in [2.45, 2.75) is 29.5 Å². The molecule has 1 heterocycles. The molecule has 0 unspecified atom stereocenters.